The fraction of sp³-hybridized carbons (Fsp3) is 0.130. The Bertz CT molecular complexity index is 1190. The Balaban J connectivity index is 1.44. The monoisotopic (exact) mass is 406 g/mol. The summed E-state index contributed by atoms with van der Waals surface area (Å²) in [5.41, 5.74) is 4.35. The number of carbonyl (C=O) groups excluding carboxylic acids is 1. The number of nitrogens with one attached hydrogen (secondary N) is 1. The molecule has 0 radical (unpaired) electrons. The van der Waals surface area contributed by atoms with Gasteiger partial charge < -0.3 is 10.1 Å². The lowest BCUT2D eigenvalue weighted by Gasteiger charge is -2.08. The minimum atomic E-state index is -0.547. The third kappa shape index (κ3) is 4.12. The first-order chi connectivity index (χ1) is 14.0. The molecule has 146 valence electrons. The minimum absolute atomic E-state index is 0.0749. The van der Waals surface area contributed by atoms with Gasteiger partial charge in [-0.25, -0.2) is 9.37 Å². The number of benzene rings is 3. The number of nitrogens with zero attached hydrogens (tertiary/aromatic N) is 1. The van der Waals surface area contributed by atoms with E-state index in [0.717, 1.165) is 21.8 Å². The quantitative estimate of drug-likeness (QED) is 0.417. The van der Waals surface area contributed by atoms with Crippen LogP contribution in [0.25, 0.3) is 20.8 Å². The Morgan fingerprint density at radius 3 is 2.62 bits per heavy atom. The van der Waals surface area contributed by atoms with E-state index in [0.29, 0.717) is 5.56 Å². The summed E-state index contributed by atoms with van der Waals surface area (Å²) >= 11 is 1.66. The molecule has 1 aromatic heterocycles. The number of thiazole rings is 1. The maximum Gasteiger partial charge on any atom is 0.181 e. The van der Waals surface area contributed by atoms with Crippen LogP contribution in [-0.2, 0) is 0 Å². The third-order valence-electron chi connectivity index (χ3n) is 4.60. The van der Waals surface area contributed by atoms with Crippen LogP contribution in [0.1, 0.15) is 15.9 Å². The van der Waals surface area contributed by atoms with Gasteiger partial charge in [0, 0.05) is 16.8 Å². The van der Waals surface area contributed by atoms with Crippen molar-refractivity contribution in [1.29, 1.82) is 0 Å². The van der Waals surface area contributed by atoms with Gasteiger partial charge in [0.1, 0.15) is 5.01 Å². The highest BCUT2D eigenvalue weighted by Gasteiger charge is 2.11. The van der Waals surface area contributed by atoms with E-state index in [9.17, 15) is 9.18 Å². The number of carbonyl (C=O) groups is 1. The molecule has 0 amide bonds. The third-order valence-corrected chi connectivity index (χ3v) is 5.67. The van der Waals surface area contributed by atoms with E-state index < -0.39 is 5.82 Å². The number of rotatable bonds is 6. The van der Waals surface area contributed by atoms with Crippen molar-refractivity contribution < 1.29 is 13.9 Å². The van der Waals surface area contributed by atoms with Crippen molar-refractivity contribution in [3.63, 3.8) is 0 Å². The van der Waals surface area contributed by atoms with Gasteiger partial charge in [-0.15, -0.1) is 11.3 Å². The molecule has 29 heavy (non-hydrogen) atoms. The number of hydrogen-bond acceptors (Lipinski definition) is 5. The number of ketones is 1. The van der Waals surface area contributed by atoms with Gasteiger partial charge in [-0.2, -0.15) is 0 Å². The molecule has 0 aliphatic heterocycles. The summed E-state index contributed by atoms with van der Waals surface area (Å²) in [6, 6.07) is 18.2. The first-order valence-corrected chi connectivity index (χ1v) is 9.93. The standard InChI is InChI=1S/C23H19FN2O2S/c1-14-3-9-19-22(11-14)29-23(26-19)15-4-7-17(8-5-15)25-13-20(27)16-6-10-21(28-2)18(24)12-16/h3-12,25H,13H2,1-2H3. The summed E-state index contributed by atoms with van der Waals surface area (Å²) in [5, 5.41) is 4.04. The van der Waals surface area contributed by atoms with E-state index in [1.807, 2.05) is 30.3 Å². The first kappa shape index (κ1) is 19.1. The summed E-state index contributed by atoms with van der Waals surface area (Å²) in [6.07, 6.45) is 0. The SMILES string of the molecule is COc1ccc(C(=O)CNc2ccc(-c3nc4ccc(C)cc4s3)cc2)cc1F. The molecule has 0 atom stereocenters. The van der Waals surface area contributed by atoms with Crippen molar-refractivity contribution in [2.24, 2.45) is 0 Å². The van der Waals surface area contributed by atoms with Gasteiger partial charge in [0.25, 0.3) is 0 Å². The zero-order valence-electron chi connectivity index (χ0n) is 16.0. The van der Waals surface area contributed by atoms with E-state index in [-0.39, 0.29) is 18.1 Å². The molecule has 0 saturated carbocycles. The molecule has 0 unspecified atom stereocenters. The fourth-order valence-electron chi connectivity index (χ4n) is 3.01. The zero-order valence-corrected chi connectivity index (χ0v) is 16.8. The summed E-state index contributed by atoms with van der Waals surface area (Å²) in [4.78, 5) is 17.0. The Morgan fingerprint density at radius 2 is 1.90 bits per heavy atom. The molecule has 4 aromatic rings. The maximum atomic E-state index is 13.8. The number of fused-ring (bicyclic) bond motifs is 1. The largest absolute Gasteiger partial charge is 0.494 e. The van der Waals surface area contributed by atoms with Gasteiger partial charge in [0.05, 0.1) is 23.9 Å². The maximum absolute atomic E-state index is 13.8. The molecule has 0 aliphatic rings. The second kappa shape index (κ2) is 8.01. The molecule has 0 bridgehead atoms. The highest BCUT2D eigenvalue weighted by Crippen LogP contribution is 2.31. The average molecular weight is 406 g/mol. The number of methoxy groups -OCH3 is 1. The summed E-state index contributed by atoms with van der Waals surface area (Å²) < 4.78 is 19.8. The number of hydrogen-bond donors (Lipinski definition) is 1. The van der Waals surface area contributed by atoms with E-state index >= 15 is 0 Å². The smallest absolute Gasteiger partial charge is 0.181 e. The van der Waals surface area contributed by atoms with Crippen LogP contribution in [0.2, 0.25) is 0 Å². The van der Waals surface area contributed by atoms with Crippen molar-refractivity contribution in [3.05, 3.63) is 77.6 Å². The van der Waals surface area contributed by atoms with Crippen LogP contribution in [0, 0.1) is 12.7 Å². The molecule has 1 heterocycles. The van der Waals surface area contributed by atoms with Gasteiger partial charge in [-0.3, -0.25) is 4.79 Å². The lowest BCUT2D eigenvalue weighted by atomic mass is 10.1. The molecule has 0 aliphatic carbocycles. The van der Waals surface area contributed by atoms with Crippen molar-refractivity contribution in [1.82, 2.24) is 4.98 Å². The Hall–Kier alpha value is -3.25. The molecule has 0 spiro atoms. The number of ether oxygens (including phenoxy) is 1. The van der Waals surface area contributed by atoms with E-state index in [1.165, 1.54) is 29.5 Å². The fourth-order valence-corrected chi connectivity index (χ4v) is 4.08. The van der Waals surface area contributed by atoms with Crippen molar-refractivity contribution >= 4 is 33.0 Å². The molecule has 1 N–H and O–H groups in total. The topological polar surface area (TPSA) is 51.2 Å². The van der Waals surface area contributed by atoms with Gasteiger partial charge in [-0.05, 0) is 67.1 Å². The second-order valence-electron chi connectivity index (χ2n) is 6.69. The van der Waals surface area contributed by atoms with Crippen LogP contribution < -0.4 is 10.1 Å². The predicted octanol–water partition coefficient (Wildman–Crippen LogP) is 5.71. The average Bonchev–Trinajstić information content (AvgIpc) is 3.15. The van der Waals surface area contributed by atoms with Crippen molar-refractivity contribution in [3.8, 4) is 16.3 Å². The van der Waals surface area contributed by atoms with Gasteiger partial charge in [-0.1, -0.05) is 6.07 Å². The van der Waals surface area contributed by atoms with Gasteiger partial charge in [0.15, 0.2) is 17.3 Å². The number of anilines is 1. The normalized spacial score (nSPS) is 10.9. The van der Waals surface area contributed by atoms with Crippen molar-refractivity contribution in [2.45, 2.75) is 6.92 Å². The van der Waals surface area contributed by atoms with Crippen LogP contribution in [0.15, 0.2) is 60.7 Å². The first-order valence-electron chi connectivity index (χ1n) is 9.12. The highest BCUT2D eigenvalue weighted by atomic mass is 32.1. The molecule has 0 fully saturated rings. The van der Waals surface area contributed by atoms with Crippen LogP contribution in [-0.4, -0.2) is 24.4 Å². The van der Waals surface area contributed by atoms with Crippen molar-refractivity contribution in [2.75, 3.05) is 19.0 Å². The Labute approximate surface area is 172 Å². The van der Waals surface area contributed by atoms with Crippen LogP contribution in [0.3, 0.4) is 0 Å². The second-order valence-corrected chi connectivity index (χ2v) is 7.72. The molecule has 3 aromatic carbocycles. The number of Topliss-reactive ketones (excluding diaryl/α,β-unsaturated/α-hetero) is 1. The number of aromatic nitrogens is 1. The molecule has 4 nitrogen and oxygen atoms in total. The van der Waals surface area contributed by atoms with Crippen LogP contribution in [0.5, 0.6) is 5.75 Å². The highest BCUT2D eigenvalue weighted by molar-refractivity contribution is 7.21. The Kier molecular flexibility index (Phi) is 5.27. The van der Waals surface area contributed by atoms with Crippen LogP contribution in [0.4, 0.5) is 10.1 Å². The molecular formula is C23H19FN2O2S. The lowest BCUT2D eigenvalue weighted by Crippen LogP contribution is -2.14. The molecular weight excluding hydrogens is 387 g/mol. The van der Waals surface area contributed by atoms with Crippen LogP contribution >= 0.6 is 11.3 Å². The number of halogens is 1. The number of aryl methyl sites for hydroxylation is 1. The summed E-state index contributed by atoms with van der Waals surface area (Å²) in [6.45, 7) is 2.15. The lowest BCUT2D eigenvalue weighted by molar-refractivity contribution is 0.101. The molecule has 4 rings (SSSR count). The van der Waals surface area contributed by atoms with E-state index in [1.54, 1.807) is 17.4 Å². The molecule has 6 heteroatoms. The summed E-state index contributed by atoms with van der Waals surface area (Å²) in [7, 11) is 1.39. The van der Waals surface area contributed by atoms with E-state index in [2.05, 4.69) is 29.4 Å². The predicted molar refractivity (Wildman–Crippen MR) is 116 cm³/mol. The zero-order chi connectivity index (χ0) is 20.4. The van der Waals surface area contributed by atoms with Gasteiger partial charge in [0.2, 0.25) is 0 Å². The van der Waals surface area contributed by atoms with E-state index in [4.69, 9.17) is 4.74 Å². The minimum Gasteiger partial charge on any atom is -0.494 e. The molecule has 0 saturated heterocycles. The Morgan fingerprint density at radius 1 is 1.10 bits per heavy atom. The van der Waals surface area contributed by atoms with Gasteiger partial charge >= 0.3 is 0 Å². The summed E-state index contributed by atoms with van der Waals surface area (Å²) in [5.74, 6) is -0.624.